The summed E-state index contributed by atoms with van der Waals surface area (Å²) in [6.07, 6.45) is 17.1. The number of methoxy groups -OCH3 is 1. The SMILES string of the molecule is CCCCCCCCCCCCCC(C)COC. The maximum absolute atomic E-state index is 5.15. The van der Waals surface area contributed by atoms with Crippen LogP contribution < -0.4 is 0 Å². The zero-order valence-electron chi connectivity index (χ0n) is 13.2. The summed E-state index contributed by atoms with van der Waals surface area (Å²) in [5.74, 6) is 0.744. The van der Waals surface area contributed by atoms with Crippen molar-refractivity contribution in [1.82, 2.24) is 0 Å². The molecule has 0 heterocycles. The number of rotatable bonds is 14. The number of unbranched alkanes of at least 4 members (excludes halogenated alkanes) is 10. The van der Waals surface area contributed by atoms with Crippen molar-refractivity contribution in [2.75, 3.05) is 13.7 Å². The first-order valence-corrected chi connectivity index (χ1v) is 8.30. The van der Waals surface area contributed by atoms with E-state index in [1.807, 2.05) is 0 Å². The van der Waals surface area contributed by atoms with Crippen molar-refractivity contribution >= 4 is 0 Å². The van der Waals surface area contributed by atoms with E-state index in [0.717, 1.165) is 12.5 Å². The molecule has 0 amide bonds. The van der Waals surface area contributed by atoms with Crippen LogP contribution in [-0.4, -0.2) is 13.7 Å². The third-order valence-corrected chi connectivity index (χ3v) is 3.75. The van der Waals surface area contributed by atoms with Crippen molar-refractivity contribution in [3.05, 3.63) is 0 Å². The van der Waals surface area contributed by atoms with Gasteiger partial charge >= 0.3 is 0 Å². The normalized spacial score (nSPS) is 12.8. The highest BCUT2D eigenvalue weighted by molar-refractivity contribution is 4.53. The highest BCUT2D eigenvalue weighted by Crippen LogP contribution is 2.14. The Morgan fingerprint density at radius 3 is 1.61 bits per heavy atom. The van der Waals surface area contributed by atoms with Crippen LogP contribution in [-0.2, 0) is 4.74 Å². The van der Waals surface area contributed by atoms with E-state index in [9.17, 15) is 0 Å². The quantitative estimate of drug-likeness (QED) is 0.348. The summed E-state index contributed by atoms with van der Waals surface area (Å²) in [4.78, 5) is 0. The van der Waals surface area contributed by atoms with Gasteiger partial charge in [0, 0.05) is 13.7 Å². The molecule has 0 spiro atoms. The first kappa shape index (κ1) is 18.0. The van der Waals surface area contributed by atoms with Gasteiger partial charge in [-0.3, -0.25) is 0 Å². The molecule has 110 valence electrons. The van der Waals surface area contributed by atoms with Gasteiger partial charge in [-0.2, -0.15) is 0 Å². The minimum absolute atomic E-state index is 0.744. The van der Waals surface area contributed by atoms with Gasteiger partial charge in [0.15, 0.2) is 0 Å². The van der Waals surface area contributed by atoms with Crippen molar-refractivity contribution in [3.63, 3.8) is 0 Å². The van der Waals surface area contributed by atoms with Gasteiger partial charge in [-0.1, -0.05) is 84.5 Å². The lowest BCUT2D eigenvalue weighted by Gasteiger charge is -2.09. The van der Waals surface area contributed by atoms with Crippen LogP contribution >= 0.6 is 0 Å². The smallest absolute Gasteiger partial charge is 0.0487 e. The molecule has 1 heteroatoms. The predicted molar refractivity (Wildman–Crippen MR) is 82.1 cm³/mol. The molecule has 0 saturated carbocycles. The summed E-state index contributed by atoms with van der Waals surface area (Å²) < 4.78 is 5.15. The third kappa shape index (κ3) is 14.0. The Labute approximate surface area is 116 Å². The molecule has 1 nitrogen and oxygen atoms in total. The third-order valence-electron chi connectivity index (χ3n) is 3.75. The molecular formula is C17H36O. The van der Waals surface area contributed by atoms with E-state index in [-0.39, 0.29) is 0 Å². The average molecular weight is 256 g/mol. The first-order valence-electron chi connectivity index (χ1n) is 8.30. The number of hydrogen-bond acceptors (Lipinski definition) is 1. The maximum atomic E-state index is 5.15. The molecule has 1 atom stereocenters. The van der Waals surface area contributed by atoms with Crippen LogP contribution in [0.3, 0.4) is 0 Å². The molecule has 0 aromatic rings. The summed E-state index contributed by atoms with van der Waals surface area (Å²) in [7, 11) is 1.80. The summed E-state index contributed by atoms with van der Waals surface area (Å²) in [6.45, 7) is 5.51. The molecule has 0 aromatic heterocycles. The van der Waals surface area contributed by atoms with Gasteiger partial charge in [0.25, 0.3) is 0 Å². The Kier molecular flexibility index (Phi) is 15.0. The van der Waals surface area contributed by atoms with Gasteiger partial charge < -0.3 is 4.74 Å². The largest absolute Gasteiger partial charge is 0.384 e. The van der Waals surface area contributed by atoms with E-state index in [2.05, 4.69) is 13.8 Å². The lowest BCUT2D eigenvalue weighted by atomic mass is 10.0. The molecule has 0 aliphatic rings. The summed E-state index contributed by atoms with van der Waals surface area (Å²) >= 11 is 0. The fourth-order valence-corrected chi connectivity index (χ4v) is 2.52. The number of ether oxygens (including phenoxy) is 1. The molecule has 0 aromatic carbocycles. The second-order valence-corrected chi connectivity index (χ2v) is 5.88. The van der Waals surface area contributed by atoms with Crippen LogP contribution in [0.2, 0.25) is 0 Å². The average Bonchev–Trinajstić information content (AvgIpc) is 2.36. The summed E-state index contributed by atoms with van der Waals surface area (Å²) in [5, 5.41) is 0. The first-order chi connectivity index (χ1) is 8.81. The van der Waals surface area contributed by atoms with E-state index in [1.54, 1.807) is 7.11 Å². The van der Waals surface area contributed by atoms with E-state index in [4.69, 9.17) is 4.74 Å². The molecule has 18 heavy (non-hydrogen) atoms. The fraction of sp³-hybridized carbons (Fsp3) is 1.00. The molecule has 0 aliphatic heterocycles. The van der Waals surface area contributed by atoms with Gasteiger partial charge in [-0.25, -0.2) is 0 Å². The lowest BCUT2D eigenvalue weighted by molar-refractivity contribution is 0.154. The lowest BCUT2D eigenvalue weighted by Crippen LogP contribution is -2.02. The summed E-state index contributed by atoms with van der Waals surface area (Å²) in [5.41, 5.74) is 0. The topological polar surface area (TPSA) is 9.23 Å². The van der Waals surface area contributed by atoms with Gasteiger partial charge in [0.2, 0.25) is 0 Å². The van der Waals surface area contributed by atoms with Crippen molar-refractivity contribution in [3.8, 4) is 0 Å². The van der Waals surface area contributed by atoms with E-state index < -0.39 is 0 Å². The Balaban J connectivity index is 2.98. The van der Waals surface area contributed by atoms with Gasteiger partial charge in [0.1, 0.15) is 0 Å². The molecule has 0 rings (SSSR count). The highest BCUT2D eigenvalue weighted by atomic mass is 16.5. The Hall–Kier alpha value is -0.0400. The Morgan fingerprint density at radius 2 is 1.17 bits per heavy atom. The molecule has 0 fully saturated rings. The van der Waals surface area contributed by atoms with Crippen molar-refractivity contribution in [2.45, 2.75) is 90.9 Å². The number of hydrogen-bond donors (Lipinski definition) is 0. The van der Waals surface area contributed by atoms with Gasteiger partial charge in [0.05, 0.1) is 0 Å². The molecule has 0 bridgehead atoms. The Bertz CT molecular complexity index is 145. The minimum Gasteiger partial charge on any atom is -0.384 e. The molecule has 0 aliphatic carbocycles. The molecule has 0 radical (unpaired) electrons. The second-order valence-electron chi connectivity index (χ2n) is 5.88. The predicted octanol–water partition coefficient (Wildman–Crippen LogP) is 5.97. The van der Waals surface area contributed by atoms with Gasteiger partial charge in [-0.15, -0.1) is 0 Å². The second kappa shape index (κ2) is 15.0. The Morgan fingerprint density at radius 1 is 0.722 bits per heavy atom. The van der Waals surface area contributed by atoms with Crippen molar-refractivity contribution in [1.29, 1.82) is 0 Å². The van der Waals surface area contributed by atoms with Crippen LogP contribution in [0.4, 0.5) is 0 Å². The van der Waals surface area contributed by atoms with E-state index in [1.165, 1.54) is 77.0 Å². The minimum atomic E-state index is 0.744. The molecular weight excluding hydrogens is 220 g/mol. The van der Waals surface area contributed by atoms with Crippen LogP contribution in [0.15, 0.2) is 0 Å². The van der Waals surface area contributed by atoms with Crippen molar-refractivity contribution in [2.24, 2.45) is 5.92 Å². The zero-order chi connectivity index (χ0) is 13.5. The van der Waals surface area contributed by atoms with E-state index in [0.29, 0.717) is 0 Å². The van der Waals surface area contributed by atoms with Crippen LogP contribution in [0.1, 0.15) is 90.9 Å². The zero-order valence-corrected chi connectivity index (χ0v) is 13.2. The van der Waals surface area contributed by atoms with Crippen molar-refractivity contribution < 1.29 is 4.74 Å². The van der Waals surface area contributed by atoms with Crippen LogP contribution in [0.5, 0.6) is 0 Å². The van der Waals surface area contributed by atoms with Crippen LogP contribution in [0.25, 0.3) is 0 Å². The standard InChI is InChI=1S/C17H36O/c1-4-5-6-7-8-9-10-11-12-13-14-15-17(2)16-18-3/h17H,4-16H2,1-3H3. The molecule has 0 N–H and O–H groups in total. The van der Waals surface area contributed by atoms with Crippen LogP contribution in [0, 0.1) is 5.92 Å². The molecule has 0 saturated heterocycles. The molecule has 1 unspecified atom stereocenters. The van der Waals surface area contributed by atoms with Gasteiger partial charge in [-0.05, 0) is 12.3 Å². The monoisotopic (exact) mass is 256 g/mol. The highest BCUT2D eigenvalue weighted by Gasteiger charge is 2.00. The maximum Gasteiger partial charge on any atom is 0.0487 e. The fourth-order valence-electron chi connectivity index (χ4n) is 2.52. The summed E-state index contributed by atoms with van der Waals surface area (Å²) in [6, 6.07) is 0. The van der Waals surface area contributed by atoms with E-state index >= 15 is 0 Å².